The van der Waals surface area contributed by atoms with Gasteiger partial charge in [-0.1, -0.05) is 32.1 Å². The van der Waals surface area contributed by atoms with Gasteiger partial charge in [0, 0.05) is 18.0 Å². The van der Waals surface area contributed by atoms with Crippen LogP contribution in [-0.2, 0) is 0 Å². The highest BCUT2D eigenvalue weighted by molar-refractivity contribution is 5.37. The number of hydrogen-bond acceptors (Lipinski definition) is 2. The number of hydrogen-bond donors (Lipinski definition) is 0. The van der Waals surface area contributed by atoms with Crippen LogP contribution in [0.1, 0.15) is 25.3 Å². The van der Waals surface area contributed by atoms with E-state index in [9.17, 15) is 0 Å². The quantitative estimate of drug-likeness (QED) is 0.711. The average molecular weight is 224 g/mol. The minimum atomic E-state index is 0.562. The van der Waals surface area contributed by atoms with E-state index in [1.165, 1.54) is 10.8 Å². The van der Waals surface area contributed by atoms with Crippen molar-refractivity contribution in [3.63, 3.8) is 0 Å². The van der Waals surface area contributed by atoms with E-state index in [0.717, 1.165) is 17.7 Å². The first-order valence-electron chi connectivity index (χ1n) is 6.08. The number of nitrogens with zero attached hydrogens (tertiary/aromatic N) is 2. The van der Waals surface area contributed by atoms with Crippen LogP contribution in [0.2, 0.25) is 0 Å². The molecule has 0 spiro atoms. The summed E-state index contributed by atoms with van der Waals surface area (Å²) in [5.74, 6) is 1.60. The summed E-state index contributed by atoms with van der Waals surface area (Å²) in [5.41, 5.74) is 1.37. The molecule has 2 aliphatic rings. The van der Waals surface area contributed by atoms with Gasteiger partial charge in [-0.25, -0.2) is 4.99 Å². The van der Waals surface area contributed by atoms with E-state index in [0.29, 0.717) is 5.92 Å². The first-order chi connectivity index (χ1) is 8.24. The lowest BCUT2D eigenvalue weighted by atomic mass is 10.0. The van der Waals surface area contributed by atoms with Crippen LogP contribution >= 0.6 is 0 Å². The van der Waals surface area contributed by atoms with Crippen molar-refractivity contribution in [1.82, 2.24) is 4.90 Å². The predicted octanol–water partition coefficient (Wildman–Crippen LogP) is 1.89. The highest BCUT2D eigenvalue weighted by Gasteiger charge is 2.11. The molecule has 0 aromatic heterocycles. The summed E-state index contributed by atoms with van der Waals surface area (Å²) in [6.45, 7) is 5.36. The largest absolute Gasteiger partial charge is 0.329 e. The summed E-state index contributed by atoms with van der Waals surface area (Å²) in [6.07, 6.45) is 8.46. The summed E-state index contributed by atoms with van der Waals surface area (Å²) < 4.78 is 0. The van der Waals surface area contributed by atoms with Crippen molar-refractivity contribution in [3.05, 3.63) is 58.4 Å². The Balaban J connectivity index is 2.18. The van der Waals surface area contributed by atoms with E-state index in [-0.39, 0.29) is 0 Å². The molecule has 0 fully saturated rings. The summed E-state index contributed by atoms with van der Waals surface area (Å²) >= 11 is 0. The van der Waals surface area contributed by atoms with Gasteiger partial charge in [-0.05, 0) is 29.7 Å². The Morgan fingerprint density at radius 1 is 1.29 bits per heavy atom. The monoisotopic (exact) mass is 224 g/mol. The van der Waals surface area contributed by atoms with Crippen molar-refractivity contribution in [1.29, 1.82) is 0 Å². The van der Waals surface area contributed by atoms with Crippen molar-refractivity contribution in [2.24, 2.45) is 4.99 Å². The molecule has 1 aromatic rings. The average Bonchev–Trinajstić information content (AvgIpc) is 2.35. The van der Waals surface area contributed by atoms with Crippen LogP contribution in [0.3, 0.4) is 0 Å². The van der Waals surface area contributed by atoms with Crippen LogP contribution in [0, 0.1) is 0 Å². The topological polar surface area (TPSA) is 15.6 Å². The summed E-state index contributed by atoms with van der Waals surface area (Å²) in [6, 6.07) is 6.55. The number of fused-ring (bicyclic) bond motifs is 2. The van der Waals surface area contributed by atoms with Crippen LogP contribution < -0.4 is 10.6 Å². The first kappa shape index (κ1) is 10.3. The van der Waals surface area contributed by atoms with E-state index >= 15 is 0 Å². The Hall–Kier alpha value is -1.83. The van der Waals surface area contributed by atoms with Crippen molar-refractivity contribution >= 4 is 6.20 Å². The number of benzene rings is 1. The highest BCUT2D eigenvalue weighted by Crippen LogP contribution is 2.14. The molecular formula is C15H16N2. The van der Waals surface area contributed by atoms with Crippen LogP contribution in [-0.4, -0.2) is 11.4 Å². The molecule has 0 amide bonds. The second-order valence-corrected chi connectivity index (χ2v) is 4.82. The zero-order valence-electron chi connectivity index (χ0n) is 10.2. The molecule has 0 radical (unpaired) electrons. The fourth-order valence-corrected chi connectivity index (χ4v) is 2.17. The lowest BCUT2D eigenvalue weighted by Crippen LogP contribution is -2.35. The minimum Gasteiger partial charge on any atom is -0.329 e. The Kier molecular flexibility index (Phi) is 2.36. The van der Waals surface area contributed by atoms with Crippen molar-refractivity contribution < 1.29 is 0 Å². The molecule has 0 aliphatic carbocycles. The smallest absolute Gasteiger partial charge is 0.133 e. The molecule has 0 saturated carbocycles. The normalized spacial score (nSPS) is 16.9. The zero-order valence-corrected chi connectivity index (χ0v) is 10.2. The van der Waals surface area contributed by atoms with E-state index in [2.05, 4.69) is 66.4 Å². The van der Waals surface area contributed by atoms with Crippen LogP contribution in [0.15, 0.2) is 47.2 Å². The minimum absolute atomic E-state index is 0.562. The second kappa shape index (κ2) is 3.88. The van der Waals surface area contributed by atoms with Gasteiger partial charge in [-0.3, -0.25) is 0 Å². The zero-order chi connectivity index (χ0) is 11.8. The molecule has 3 rings (SSSR count). The predicted molar refractivity (Wildman–Crippen MR) is 69.7 cm³/mol. The molecule has 0 N–H and O–H groups in total. The van der Waals surface area contributed by atoms with Gasteiger partial charge in [-0.2, -0.15) is 0 Å². The van der Waals surface area contributed by atoms with Gasteiger partial charge in [0.25, 0.3) is 0 Å². The maximum atomic E-state index is 4.67. The van der Waals surface area contributed by atoms with Crippen molar-refractivity contribution in [2.45, 2.75) is 19.8 Å². The fourth-order valence-electron chi connectivity index (χ4n) is 2.17. The number of allylic oxidation sites excluding steroid dienone is 2. The summed E-state index contributed by atoms with van der Waals surface area (Å²) in [5, 5.41) is 2.30. The molecule has 2 heterocycles. The van der Waals surface area contributed by atoms with Gasteiger partial charge in [0.15, 0.2) is 0 Å². The lowest BCUT2D eigenvalue weighted by molar-refractivity contribution is 0.535. The summed E-state index contributed by atoms with van der Waals surface area (Å²) in [4.78, 5) is 6.86. The van der Waals surface area contributed by atoms with Gasteiger partial charge in [0.2, 0.25) is 0 Å². The third-order valence-corrected chi connectivity index (χ3v) is 3.23. The Bertz CT molecular complexity index is 621. The number of rotatable bonds is 1. The Morgan fingerprint density at radius 2 is 2.18 bits per heavy atom. The fraction of sp³-hybridized carbons (Fsp3) is 0.267. The van der Waals surface area contributed by atoms with Crippen molar-refractivity contribution in [3.8, 4) is 0 Å². The van der Waals surface area contributed by atoms with Gasteiger partial charge < -0.3 is 4.90 Å². The van der Waals surface area contributed by atoms with Crippen LogP contribution in [0.25, 0.3) is 6.20 Å². The molecule has 0 bridgehead atoms. The molecule has 2 heteroatoms. The highest BCUT2D eigenvalue weighted by atomic mass is 15.2. The lowest BCUT2D eigenvalue weighted by Gasteiger charge is -2.23. The van der Waals surface area contributed by atoms with E-state index in [1.807, 2.05) is 0 Å². The molecular weight excluding hydrogens is 208 g/mol. The van der Waals surface area contributed by atoms with Crippen LogP contribution in [0.5, 0.6) is 0 Å². The second-order valence-electron chi connectivity index (χ2n) is 4.82. The van der Waals surface area contributed by atoms with Crippen molar-refractivity contribution in [2.75, 3.05) is 6.54 Å². The van der Waals surface area contributed by atoms with Crippen LogP contribution in [0.4, 0.5) is 0 Å². The Labute approximate surface area is 101 Å². The van der Waals surface area contributed by atoms with Gasteiger partial charge in [0.05, 0.1) is 5.36 Å². The van der Waals surface area contributed by atoms with E-state index in [1.54, 1.807) is 0 Å². The molecule has 17 heavy (non-hydrogen) atoms. The first-order valence-corrected chi connectivity index (χ1v) is 6.08. The molecule has 0 saturated heterocycles. The molecule has 0 unspecified atom stereocenters. The molecule has 2 aliphatic heterocycles. The SMILES string of the molecule is CC(C)c1ccc2c(c1)=CN1CC=CC=C1N=2. The molecule has 0 atom stereocenters. The third kappa shape index (κ3) is 1.80. The Morgan fingerprint density at radius 3 is 3.00 bits per heavy atom. The standard InChI is InChI=1S/C15H16N2/c1-11(2)12-6-7-14-13(9-12)10-17-8-4-3-5-15(17)16-14/h3-7,9-11H,8H2,1-2H3. The molecule has 86 valence electrons. The van der Waals surface area contributed by atoms with Gasteiger partial charge >= 0.3 is 0 Å². The maximum Gasteiger partial charge on any atom is 0.133 e. The molecule has 2 nitrogen and oxygen atoms in total. The third-order valence-electron chi connectivity index (χ3n) is 3.23. The van der Waals surface area contributed by atoms with E-state index < -0.39 is 0 Å². The van der Waals surface area contributed by atoms with E-state index in [4.69, 9.17) is 0 Å². The summed E-state index contributed by atoms with van der Waals surface area (Å²) in [7, 11) is 0. The molecule has 1 aromatic carbocycles. The van der Waals surface area contributed by atoms with Gasteiger partial charge in [-0.15, -0.1) is 0 Å². The maximum absolute atomic E-state index is 4.67. The van der Waals surface area contributed by atoms with Gasteiger partial charge in [0.1, 0.15) is 5.82 Å².